The number of ketones is 1. The Hall–Kier alpha value is -2.03. The average molecular weight is 324 g/mol. The van der Waals surface area contributed by atoms with Gasteiger partial charge in [0.2, 0.25) is 0 Å². The maximum Gasteiger partial charge on any atom is 0.183 e. The van der Waals surface area contributed by atoms with Gasteiger partial charge in [-0.25, -0.2) is 0 Å². The van der Waals surface area contributed by atoms with Gasteiger partial charge in [0, 0.05) is 35.2 Å². The lowest BCUT2D eigenvalue weighted by molar-refractivity contribution is 0.0998. The van der Waals surface area contributed by atoms with Crippen molar-refractivity contribution in [1.82, 2.24) is 4.57 Å². The summed E-state index contributed by atoms with van der Waals surface area (Å²) in [6.45, 7) is 7.61. The Balaban J connectivity index is 1.81. The second kappa shape index (κ2) is 7.25. The van der Waals surface area contributed by atoms with Crippen LogP contribution in [-0.4, -0.2) is 23.4 Å². The summed E-state index contributed by atoms with van der Waals surface area (Å²) in [5.41, 5.74) is 4.38. The summed E-state index contributed by atoms with van der Waals surface area (Å²) in [5.74, 6) is 0.220. The fourth-order valence-electron chi connectivity index (χ4n) is 4.07. The Morgan fingerprint density at radius 1 is 1.17 bits per heavy atom. The molecule has 24 heavy (non-hydrogen) atoms. The van der Waals surface area contributed by atoms with E-state index >= 15 is 0 Å². The van der Waals surface area contributed by atoms with Crippen LogP contribution in [0.1, 0.15) is 60.4 Å². The molecule has 3 heteroatoms. The Labute approximate surface area is 145 Å². The molecule has 0 radical (unpaired) electrons. The quantitative estimate of drug-likeness (QED) is 0.704. The number of carbonyl (C=O) groups excluding carboxylic acids is 1. The van der Waals surface area contributed by atoms with E-state index in [1.165, 1.54) is 31.4 Å². The molecule has 1 heterocycles. The molecular formula is C21H28N2O. The van der Waals surface area contributed by atoms with Crippen LogP contribution in [0.5, 0.6) is 0 Å². The van der Waals surface area contributed by atoms with Crippen LogP contribution < -0.4 is 4.90 Å². The van der Waals surface area contributed by atoms with E-state index in [2.05, 4.69) is 48.4 Å². The fraction of sp³-hybridized carbons (Fsp3) is 0.476. The maximum atomic E-state index is 12.9. The predicted octanol–water partition coefficient (Wildman–Crippen LogP) is 4.93. The summed E-state index contributed by atoms with van der Waals surface area (Å²) < 4.78 is 2.40. The predicted molar refractivity (Wildman–Crippen MR) is 100 cm³/mol. The van der Waals surface area contributed by atoms with Gasteiger partial charge in [0.15, 0.2) is 5.78 Å². The van der Waals surface area contributed by atoms with Crippen molar-refractivity contribution in [1.29, 1.82) is 0 Å². The minimum atomic E-state index is 0.220. The highest BCUT2D eigenvalue weighted by atomic mass is 16.1. The number of hydrogen-bond acceptors (Lipinski definition) is 2. The molecule has 1 aliphatic carbocycles. The highest BCUT2D eigenvalue weighted by molar-refractivity contribution is 6.00. The van der Waals surface area contributed by atoms with E-state index in [9.17, 15) is 4.79 Å². The zero-order valence-corrected chi connectivity index (χ0v) is 15.1. The van der Waals surface area contributed by atoms with E-state index in [0.29, 0.717) is 12.6 Å². The summed E-state index contributed by atoms with van der Waals surface area (Å²) >= 11 is 0. The van der Waals surface area contributed by atoms with Crippen LogP contribution in [0.3, 0.4) is 0 Å². The van der Waals surface area contributed by atoms with Gasteiger partial charge in [-0.05, 0) is 51.8 Å². The van der Waals surface area contributed by atoms with Crippen molar-refractivity contribution in [2.24, 2.45) is 0 Å². The minimum absolute atomic E-state index is 0.220. The number of para-hydroxylation sites is 1. The first-order valence-electron chi connectivity index (χ1n) is 9.13. The van der Waals surface area contributed by atoms with E-state index in [0.717, 1.165) is 23.5 Å². The first-order chi connectivity index (χ1) is 11.6. The number of anilines is 1. The van der Waals surface area contributed by atoms with Gasteiger partial charge in [0.25, 0.3) is 0 Å². The molecular weight excluding hydrogens is 296 g/mol. The molecule has 0 spiro atoms. The molecule has 3 rings (SSSR count). The molecule has 2 aromatic rings. The zero-order valence-electron chi connectivity index (χ0n) is 15.1. The van der Waals surface area contributed by atoms with Crippen LogP contribution in [0.4, 0.5) is 5.69 Å². The Bertz CT molecular complexity index is 696. The Morgan fingerprint density at radius 3 is 2.46 bits per heavy atom. The third-order valence-corrected chi connectivity index (χ3v) is 5.31. The SMILES string of the molecule is CCN(CC(=O)c1cc(C)n(C2CCCC2)c1C)c1ccccc1. The number of carbonyl (C=O) groups is 1. The topological polar surface area (TPSA) is 25.2 Å². The van der Waals surface area contributed by atoms with Gasteiger partial charge in [-0.15, -0.1) is 0 Å². The molecule has 0 unspecified atom stereocenters. The molecule has 3 nitrogen and oxygen atoms in total. The number of Topliss-reactive ketones (excluding diaryl/α,β-unsaturated/α-hetero) is 1. The lowest BCUT2D eigenvalue weighted by Crippen LogP contribution is -2.29. The summed E-state index contributed by atoms with van der Waals surface area (Å²) in [5, 5.41) is 0. The van der Waals surface area contributed by atoms with Gasteiger partial charge in [-0.3, -0.25) is 4.79 Å². The van der Waals surface area contributed by atoms with Gasteiger partial charge in [0.05, 0.1) is 6.54 Å². The maximum absolute atomic E-state index is 12.9. The lowest BCUT2D eigenvalue weighted by atomic mass is 10.1. The van der Waals surface area contributed by atoms with E-state index in [4.69, 9.17) is 0 Å². The van der Waals surface area contributed by atoms with Crippen LogP contribution >= 0.6 is 0 Å². The van der Waals surface area contributed by atoms with E-state index in [1.807, 2.05) is 18.2 Å². The summed E-state index contributed by atoms with van der Waals surface area (Å²) in [4.78, 5) is 15.1. The molecule has 0 saturated heterocycles. The molecule has 0 aliphatic heterocycles. The second-order valence-electron chi connectivity index (χ2n) is 6.87. The van der Waals surface area contributed by atoms with Crippen LogP contribution in [0.2, 0.25) is 0 Å². The normalized spacial score (nSPS) is 15.0. The van der Waals surface area contributed by atoms with E-state index in [1.54, 1.807) is 0 Å². The van der Waals surface area contributed by atoms with E-state index < -0.39 is 0 Å². The van der Waals surface area contributed by atoms with Gasteiger partial charge in [0.1, 0.15) is 0 Å². The molecule has 1 fully saturated rings. The Morgan fingerprint density at radius 2 is 1.83 bits per heavy atom. The molecule has 0 N–H and O–H groups in total. The van der Waals surface area contributed by atoms with Crippen molar-refractivity contribution in [2.75, 3.05) is 18.0 Å². The number of aryl methyl sites for hydroxylation is 1. The molecule has 1 saturated carbocycles. The van der Waals surface area contributed by atoms with Crippen molar-refractivity contribution >= 4 is 11.5 Å². The molecule has 128 valence electrons. The number of hydrogen-bond donors (Lipinski definition) is 0. The highest BCUT2D eigenvalue weighted by Crippen LogP contribution is 2.33. The van der Waals surface area contributed by atoms with Crippen molar-refractivity contribution < 1.29 is 4.79 Å². The van der Waals surface area contributed by atoms with Gasteiger partial charge < -0.3 is 9.47 Å². The molecule has 1 aromatic heterocycles. The van der Waals surface area contributed by atoms with Crippen LogP contribution in [0, 0.1) is 13.8 Å². The van der Waals surface area contributed by atoms with Crippen LogP contribution in [-0.2, 0) is 0 Å². The average Bonchev–Trinajstić information content (AvgIpc) is 3.21. The number of benzene rings is 1. The lowest BCUT2D eigenvalue weighted by Gasteiger charge is -2.22. The minimum Gasteiger partial charge on any atom is -0.364 e. The smallest absolute Gasteiger partial charge is 0.183 e. The summed E-state index contributed by atoms with van der Waals surface area (Å²) in [7, 11) is 0. The van der Waals surface area contributed by atoms with Crippen LogP contribution in [0.15, 0.2) is 36.4 Å². The number of rotatable bonds is 6. The standard InChI is InChI=1S/C21H28N2O/c1-4-22(18-10-6-5-7-11-18)15-21(24)20-14-16(2)23(17(20)3)19-12-8-9-13-19/h5-7,10-11,14,19H,4,8-9,12-13,15H2,1-3H3. The molecule has 0 amide bonds. The number of aromatic nitrogens is 1. The third kappa shape index (κ3) is 3.26. The van der Waals surface area contributed by atoms with Crippen molar-refractivity contribution in [2.45, 2.75) is 52.5 Å². The largest absolute Gasteiger partial charge is 0.364 e. The van der Waals surface area contributed by atoms with E-state index in [-0.39, 0.29) is 5.78 Å². The molecule has 0 atom stereocenters. The zero-order chi connectivity index (χ0) is 17.1. The van der Waals surface area contributed by atoms with Crippen molar-refractivity contribution in [3.63, 3.8) is 0 Å². The molecule has 0 bridgehead atoms. The third-order valence-electron chi connectivity index (χ3n) is 5.31. The number of nitrogens with zero attached hydrogens (tertiary/aromatic N) is 2. The fourth-order valence-corrected chi connectivity index (χ4v) is 4.07. The summed E-state index contributed by atoms with van der Waals surface area (Å²) in [6.07, 6.45) is 5.11. The monoisotopic (exact) mass is 324 g/mol. The highest BCUT2D eigenvalue weighted by Gasteiger charge is 2.24. The van der Waals surface area contributed by atoms with Gasteiger partial charge in [-0.1, -0.05) is 31.0 Å². The van der Waals surface area contributed by atoms with Crippen LogP contribution in [0.25, 0.3) is 0 Å². The first-order valence-corrected chi connectivity index (χ1v) is 9.13. The van der Waals surface area contributed by atoms with Crippen molar-refractivity contribution in [3.05, 3.63) is 53.3 Å². The second-order valence-corrected chi connectivity index (χ2v) is 6.87. The Kier molecular flexibility index (Phi) is 5.08. The van der Waals surface area contributed by atoms with Crippen molar-refractivity contribution in [3.8, 4) is 0 Å². The first kappa shape index (κ1) is 16.8. The van der Waals surface area contributed by atoms with Gasteiger partial charge in [-0.2, -0.15) is 0 Å². The number of likely N-dealkylation sites (N-methyl/N-ethyl adjacent to an activating group) is 1. The molecule has 1 aliphatic rings. The van der Waals surface area contributed by atoms with Gasteiger partial charge >= 0.3 is 0 Å². The summed E-state index contributed by atoms with van der Waals surface area (Å²) in [6, 6.07) is 12.9. The molecule has 1 aromatic carbocycles.